The van der Waals surface area contributed by atoms with Gasteiger partial charge >= 0.3 is 0 Å². The Balaban J connectivity index is 1.10. The molecular weight excluding hydrogens is 625 g/mol. The van der Waals surface area contributed by atoms with Crippen molar-refractivity contribution >= 4 is 86.2 Å². The van der Waals surface area contributed by atoms with Crippen LogP contribution in [0.5, 0.6) is 0 Å². The monoisotopic (exact) mass is 652 g/mol. The van der Waals surface area contributed by atoms with E-state index in [1.807, 2.05) is 12.1 Å². The molecule has 0 heteroatoms. The lowest BCUT2D eigenvalue weighted by Gasteiger charge is -2.20. The van der Waals surface area contributed by atoms with Crippen molar-refractivity contribution in [2.24, 2.45) is 0 Å². The van der Waals surface area contributed by atoms with Gasteiger partial charge in [-0.25, -0.2) is 0 Å². The van der Waals surface area contributed by atoms with Gasteiger partial charge in [-0.15, -0.1) is 0 Å². The van der Waals surface area contributed by atoms with Gasteiger partial charge in [0.15, 0.2) is 0 Å². The zero-order valence-electron chi connectivity index (χ0n) is 28.2. The SMILES string of the molecule is [c]1ccc(-c2ccc(-c3ccc4c5cccc6c(-c7ccc8c9cc[c]c%10cccc(c%11cccc7c%118)c%109)ccc(c7cccc3c47)c65)cc2)cc1. The van der Waals surface area contributed by atoms with Gasteiger partial charge in [-0.05, 0) is 132 Å². The van der Waals surface area contributed by atoms with E-state index in [0.717, 1.165) is 0 Å². The number of rotatable bonds is 3. The van der Waals surface area contributed by atoms with Crippen molar-refractivity contribution in [2.75, 3.05) is 0 Å². The van der Waals surface area contributed by atoms with E-state index >= 15 is 0 Å². The Bertz CT molecular complexity index is 3300. The second-order valence-electron chi connectivity index (χ2n) is 14.2. The molecule has 12 aromatic carbocycles. The maximum Gasteiger partial charge on any atom is -0.00201 e. The van der Waals surface area contributed by atoms with E-state index in [2.05, 4.69) is 170 Å². The molecule has 0 bridgehead atoms. The molecule has 0 saturated heterocycles. The second-order valence-corrected chi connectivity index (χ2v) is 14.2. The standard InChI is InChI=1S/C52H28/c1-2-9-31(10-3-1)32-21-23-33(24-22-32)35-25-28-47-45-20-8-17-40-37(27-30-48(52(40)45)44-19-6-15-38(35)50(44)47)36-26-29-46-42-14-5-12-34-11-4-13-41(49(34)42)43-18-7-16-39(36)51(43)46/h2-11,13-30H. The molecule has 0 atom stereocenters. The fourth-order valence-corrected chi connectivity index (χ4v) is 9.42. The molecule has 0 amide bonds. The third-order valence-electron chi connectivity index (χ3n) is 11.6. The highest BCUT2D eigenvalue weighted by Crippen LogP contribution is 2.48. The Hall–Kier alpha value is -6.76. The van der Waals surface area contributed by atoms with E-state index in [-0.39, 0.29) is 0 Å². The molecule has 52 heavy (non-hydrogen) atoms. The van der Waals surface area contributed by atoms with Gasteiger partial charge in [0.1, 0.15) is 0 Å². The molecule has 12 aromatic rings. The van der Waals surface area contributed by atoms with Crippen molar-refractivity contribution in [2.45, 2.75) is 0 Å². The van der Waals surface area contributed by atoms with Crippen LogP contribution in [0.3, 0.4) is 0 Å². The molecule has 0 aliphatic rings. The predicted molar refractivity (Wildman–Crippen MR) is 223 cm³/mol. The van der Waals surface area contributed by atoms with E-state index in [4.69, 9.17) is 0 Å². The normalized spacial score (nSPS) is 12.2. The van der Waals surface area contributed by atoms with Crippen LogP contribution in [0.15, 0.2) is 170 Å². The molecule has 0 nitrogen and oxygen atoms in total. The van der Waals surface area contributed by atoms with Gasteiger partial charge in [-0.1, -0.05) is 170 Å². The second kappa shape index (κ2) is 10.4. The smallest absolute Gasteiger partial charge is 0.00201 e. The summed E-state index contributed by atoms with van der Waals surface area (Å²) in [6, 6.07) is 69.4. The van der Waals surface area contributed by atoms with Crippen LogP contribution < -0.4 is 0 Å². The fraction of sp³-hybridized carbons (Fsp3) is 0. The van der Waals surface area contributed by atoms with Gasteiger partial charge in [0.2, 0.25) is 0 Å². The van der Waals surface area contributed by atoms with Crippen molar-refractivity contribution in [3.63, 3.8) is 0 Å². The largest absolute Gasteiger partial charge is 0.0610 e. The van der Waals surface area contributed by atoms with Crippen LogP contribution in [0.4, 0.5) is 0 Å². The van der Waals surface area contributed by atoms with Gasteiger partial charge in [0.05, 0.1) is 0 Å². The minimum absolute atomic E-state index is 1.17. The summed E-state index contributed by atoms with van der Waals surface area (Å²) in [5, 5.41) is 20.8. The van der Waals surface area contributed by atoms with Crippen LogP contribution >= 0.6 is 0 Å². The molecule has 0 saturated carbocycles. The van der Waals surface area contributed by atoms with Crippen molar-refractivity contribution in [3.8, 4) is 33.4 Å². The van der Waals surface area contributed by atoms with Gasteiger partial charge in [0.25, 0.3) is 0 Å². The van der Waals surface area contributed by atoms with E-state index < -0.39 is 0 Å². The number of hydrogen-bond acceptors (Lipinski definition) is 0. The first-order valence-corrected chi connectivity index (χ1v) is 18.0. The molecule has 0 fully saturated rings. The minimum Gasteiger partial charge on any atom is -0.0610 e. The Labute approximate surface area is 300 Å². The maximum atomic E-state index is 3.47. The van der Waals surface area contributed by atoms with Gasteiger partial charge in [0, 0.05) is 0 Å². The highest BCUT2D eigenvalue weighted by Gasteiger charge is 2.20. The van der Waals surface area contributed by atoms with Gasteiger partial charge in [-0.3, -0.25) is 0 Å². The lowest BCUT2D eigenvalue weighted by atomic mass is 9.83. The number of benzene rings is 12. The van der Waals surface area contributed by atoms with Crippen molar-refractivity contribution in [1.29, 1.82) is 0 Å². The minimum atomic E-state index is 1.17. The Morgan fingerprint density at radius 1 is 0.250 bits per heavy atom. The van der Waals surface area contributed by atoms with Gasteiger partial charge < -0.3 is 0 Å². The molecule has 0 aromatic heterocycles. The molecule has 0 N–H and O–H groups in total. The molecule has 0 aliphatic carbocycles. The summed E-state index contributed by atoms with van der Waals surface area (Å²) in [6.45, 7) is 0. The Kier molecular flexibility index (Phi) is 5.59. The highest BCUT2D eigenvalue weighted by molar-refractivity contribution is 6.37. The number of fused-ring (bicyclic) bond motifs is 4. The quantitative estimate of drug-likeness (QED) is 0.132. The van der Waals surface area contributed by atoms with E-state index in [9.17, 15) is 0 Å². The molecule has 12 rings (SSSR count). The average Bonchev–Trinajstić information content (AvgIpc) is 3.22. The Morgan fingerprint density at radius 2 is 0.654 bits per heavy atom. The summed E-state index contributed by atoms with van der Waals surface area (Å²) < 4.78 is 0. The van der Waals surface area contributed by atoms with E-state index in [0.29, 0.717) is 0 Å². The first kappa shape index (κ1) is 28.0. The molecule has 236 valence electrons. The van der Waals surface area contributed by atoms with E-state index in [1.165, 1.54) is 120 Å². The van der Waals surface area contributed by atoms with Crippen molar-refractivity contribution in [3.05, 3.63) is 182 Å². The summed E-state index contributed by atoms with van der Waals surface area (Å²) in [5.41, 5.74) is 7.47. The topological polar surface area (TPSA) is 0 Å². The molecule has 2 radical (unpaired) electrons. The summed E-state index contributed by atoms with van der Waals surface area (Å²) in [4.78, 5) is 0. The maximum absolute atomic E-state index is 3.47. The predicted octanol–water partition coefficient (Wildman–Crippen LogP) is 14.4. The van der Waals surface area contributed by atoms with Crippen LogP contribution in [-0.2, 0) is 0 Å². The lowest BCUT2D eigenvalue weighted by Crippen LogP contribution is -1.92. The third-order valence-corrected chi connectivity index (χ3v) is 11.6. The highest BCUT2D eigenvalue weighted by atomic mass is 14.2. The summed E-state index contributed by atoms with van der Waals surface area (Å²) >= 11 is 0. The van der Waals surface area contributed by atoms with Crippen LogP contribution in [0, 0.1) is 12.1 Å². The molecule has 0 aliphatic heterocycles. The zero-order valence-corrected chi connectivity index (χ0v) is 28.2. The zero-order chi connectivity index (χ0) is 33.9. The summed E-state index contributed by atoms with van der Waals surface area (Å²) in [6.07, 6.45) is 0. The van der Waals surface area contributed by atoms with Gasteiger partial charge in [-0.2, -0.15) is 0 Å². The van der Waals surface area contributed by atoms with E-state index in [1.54, 1.807) is 0 Å². The Morgan fingerprint density at radius 3 is 1.23 bits per heavy atom. The van der Waals surface area contributed by atoms with Crippen LogP contribution in [0.1, 0.15) is 0 Å². The van der Waals surface area contributed by atoms with Crippen LogP contribution in [0.2, 0.25) is 0 Å². The summed E-state index contributed by atoms with van der Waals surface area (Å²) in [7, 11) is 0. The third kappa shape index (κ3) is 3.71. The summed E-state index contributed by atoms with van der Waals surface area (Å²) in [5.74, 6) is 0. The van der Waals surface area contributed by atoms with Crippen molar-refractivity contribution < 1.29 is 0 Å². The lowest BCUT2D eigenvalue weighted by molar-refractivity contribution is 1.60. The average molecular weight is 653 g/mol. The fourth-order valence-electron chi connectivity index (χ4n) is 9.42. The first-order chi connectivity index (χ1) is 25.8. The van der Waals surface area contributed by atoms with Crippen molar-refractivity contribution in [1.82, 2.24) is 0 Å². The molecule has 0 heterocycles. The molecule has 0 spiro atoms. The first-order valence-electron chi connectivity index (χ1n) is 18.0. The number of hydrogen-bond donors (Lipinski definition) is 0. The molecular formula is C52H28. The molecule has 0 unspecified atom stereocenters. The van der Waals surface area contributed by atoms with Crippen LogP contribution in [-0.4, -0.2) is 0 Å². The van der Waals surface area contributed by atoms with Crippen LogP contribution in [0.25, 0.3) is 120 Å².